The molecule has 0 saturated heterocycles. The molecule has 1 unspecified atom stereocenters. The third kappa shape index (κ3) is 2.22. The fourth-order valence-corrected chi connectivity index (χ4v) is 3.59. The van der Waals surface area contributed by atoms with E-state index in [1.54, 1.807) is 12.1 Å². The predicted octanol–water partition coefficient (Wildman–Crippen LogP) is 5.05. The highest BCUT2D eigenvalue weighted by Crippen LogP contribution is 2.35. The Morgan fingerprint density at radius 3 is 2.50 bits per heavy atom. The van der Waals surface area contributed by atoms with Crippen LogP contribution in [-0.4, -0.2) is 0 Å². The normalized spacial score (nSPS) is 12.8. The van der Waals surface area contributed by atoms with E-state index >= 15 is 0 Å². The van der Waals surface area contributed by atoms with Crippen molar-refractivity contribution >= 4 is 33.7 Å². The summed E-state index contributed by atoms with van der Waals surface area (Å²) in [5.74, 6) is -0.225. The molecule has 0 amide bonds. The van der Waals surface area contributed by atoms with Gasteiger partial charge in [-0.1, -0.05) is 41.9 Å². The second-order valence-electron chi connectivity index (χ2n) is 4.77. The Morgan fingerprint density at radius 2 is 1.85 bits per heavy atom. The van der Waals surface area contributed by atoms with Crippen LogP contribution in [0.15, 0.2) is 42.5 Å². The summed E-state index contributed by atoms with van der Waals surface area (Å²) in [6, 6.07) is 12.3. The van der Waals surface area contributed by atoms with Gasteiger partial charge in [-0.25, -0.2) is 4.39 Å². The van der Waals surface area contributed by atoms with Gasteiger partial charge in [-0.15, -0.1) is 11.3 Å². The fourth-order valence-electron chi connectivity index (χ4n) is 2.35. The highest BCUT2D eigenvalue weighted by atomic mass is 35.5. The second-order valence-corrected chi connectivity index (χ2v) is 6.45. The SMILES string of the molecule is Cc1cc(C(N)c2ccc(F)c3ccccc23)sc1Cl. The van der Waals surface area contributed by atoms with Crippen molar-refractivity contribution in [1.82, 2.24) is 0 Å². The van der Waals surface area contributed by atoms with Crippen LogP contribution in [0.4, 0.5) is 4.39 Å². The molecule has 0 saturated carbocycles. The van der Waals surface area contributed by atoms with Gasteiger partial charge in [0.05, 0.1) is 10.4 Å². The summed E-state index contributed by atoms with van der Waals surface area (Å²) < 4.78 is 14.6. The summed E-state index contributed by atoms with van der Waals surface area (Å²) >= 11 is 7.58. The molecule has 0 bridgehead atoms. The summed E-state index contributed by atoms with van der Waals surface area (Å²) in [7, 11) is 0. The number of benzene rings is 2. The number of hydrogen-bond donors (Lipinski definition) is 1. The fraction of sp³-hybridized carbons (Fsp3) is 0.125. The summed E-state index contributed by atoms with van der Waals surface area (Å²) in [5.41, 5.74) is 8.28. The van der Waals surface area contributed by atoms with Crippen molar-refractivity contribution in [3.05, 3.63) is 68.6 Å². The molecule has 3 aromatic rings. The van der Waals surface area contributed by atoms with Crippen LogP contribution >= 0.6 is 22.9 Å². The van der Waals surface area contributed by atoms with Gasteiger partial charge in [0.1, 0.15) is 5.82 Å². The first-order chi connectivity index (χ1) is 9.58. The Balaban J connectivity index is 2.17. The van der Waals surface area contributed by atoms with E-state index in [2.05, 4.69) is 0 Å². The first-order valence-corrected chi connectivity index (χ1v) is 7.46. The molecule has 20 heavy (non-hydrogen) atoms. The second kappa shape index (κ2) is 5.17. The van der Waals surface area contributed by atoms with Gasteiger partial charge >= 0.3 is 0 Å². The maximum atomic E-state index is 13.8. The van der Waals surface area contributed by atoms with Crippen molar-refractivity contribution in [3.63, 3.8) is 0 Å². The van der Waals surface area contributed by atoms with E-state index in [1.807, 2.05) is 31.2 Å². The minimum Gasteiger partial charge on any atom is -0.320 e. The molecule has 1 atom stereocenters. The highest BCUT2D eigenvalue weighted by molar-refractivity contribution is 7.16. The van der Waals surface area contributed by atoms with Crippen LogP contribution in [0, 0.1) is 12.7 Å². The molecule has 1 heterocycles. The Labute approximate surface area is 125 Å². The zero-order chi connectivity index (χ0) is 14.3. The zero-order valence-electron chi connectivity index (χ0n) is 10.9. The molecule has 1 aromatic heterocycles. The van der Waals surface area contributed by atoms with Gasteiger partial charge in [0.25, 0.3) is 0 Å². The highest BCUT2D eigenvalue weighted by Gasteiger charge is 2.16. The van der Waals surface area contributed by atoms with Crippen LogP contribution < -0.4 is 5.73 Å². The molecule has 0 radical (unpaired) electrons. The van der Waals surface area contributed by atoms with Crippen LogP contribution in [0.5, 0.6) is 0 Å². The van der Waals surface area contributed by atoms with E-state index in [9.17, 15) is 4.39 Å². The van der Waals surface area contributed by atoms with Crippen LogP contribution in [0.1, 0.15) is 22.0 Å². The van der Waals surface area contributed by atoms with E-state index in [0.717, 1.165) is 25.7 Å². The quantitative estimate of drug-likeness (QED) is 0.704. The lowest BCUT2D eigenvalue weighted by Crippen LogP contribution is -2.11. The number of rotatable bonds is 2. The average Bonchev–Trinajstić information content (AvgIpc) is 2.79. The number of halogens is 2. The van der Waals surface area contributed by atoms with E-state index in [-0.39, 0.29) is 11.9 Å². The standard InChI is InChI=1S/C16H13ClFNS/c1-9-8-14(20-16(9)17)15(19)12-6-7-13(18)11-5-3-2-4-10(11)12/h2-8,15H,19H2,1H3. The lowest BCUT2D eigenvalue weighted by atomic mass is 9.98. The monoisotopic (exact) mass is 305 g/mol. The smallest absolute Gasteiger partial charge is 0.131 e. The largest absolute Gasteiger partial charge is 0.320 e. The minimum absolute atomic E-state index is 0.225. The number of nitrogens with two attached hydrogens (primary N) is 1. The number of thiophene rings is 1. The molecule has 1 nitrogen and oxygen atoms in total. The number of hydrogen-bond acceptors (Lipinski definition) is 2. The molecule has 2 N–H and O–H groups in total. The summed E-state index contributed by atoms with van der Waals surface area (Å²) in [5, 5.41) is 1.45. The van der Waals surface area contributed by atoms with E-state index < -0.39 is 0 Å². The average molecular weight is 306 g/mol. The topological polar surface area (TPSA) is 26.0 Å². The molecule has 4 heteroatoms. The lowest BCUT2D eigenvalue weighted by molar-refractivity contribution is 0.639. The zero-order valence-corrected chi connectivity index (χ0v) is 12.4. The van der Waals surface area contributed by atoms with Gasteiger partial charge in [0, 0.05) is 10.3 Å². The van der Waals surface area contributed by atoms with Crippen LogP contribution in [0.3, 0.4) is 0 Å². The molecule has 0 fully saturated rings. The Morgan fingerprint density at radius 1 is 1.15 bits per heavy atom. The lowest BCUT2D eigenvalue weighted by Gasteiger charge is -2.13. The third-order valence-electron chi connectivity index (χ3n) is 3.42. The first-order valence-electron chi connectivity index (χ1n) is 6.26. The Bertz CT molecular complexity index is 762. The van der Waals surface area contributed by atoms with Crippen molar-refractivity contribution in [2.75, 3.05) is 0 Å². The van der Waals surface area contributed by atoms with E-state index in [0.29, 0.717) is 5.39 Å². The van der Waals surface area contributed by atoms with Crippen molar-refractivity contribution < 1.29 is 4.39 Å². The van der Waals surface area contributed by atoms with Crippen LogP contribution in [-0.2, 0) is 0 Å². The number of fused-ring (bicyclic) bond motifs is 1. The molecule has 0 aliphatic rings. The summed E-state index contributed by atoms with van der Waals surface area (Å²) in [6.45, 7) is 1.96. The first kappa shape index (κ1) is 13.6. The van der Waals surface area contributed by atoms with Gasteiger partial charge < -0.3 is 5.73 Å². The number of aryl methyl sites for hydroxylation is 1. The van der Waals surface area contributed by atoms with E-state index in [1.165, 1.54) is 17.4 Å². The molecule has 0 aliphatic heterocycles. The van der Waals surface area contributed by atoms with Gasteiger partial charge in [0.2, 0.25) is 0 Å². The van der Waals surface area contributed by atoms with Gasteiger partial charge in [-0.05, 0) is 35.6 Å². The molecule has 0 aliphatic carbocycles. The third-order valence-corrected chi connectivity index (χ3v) is 5.06. The Hall–Kier alpha value is -1.42. The van der Waals surface area contributed by atoms with E-state index in [4.69, 9.17) is 17.3 Å². The van der Waals surface area contributed by atoms with Gasteiger partial charge in [-0.2, -0.15) is 0 Å². The summed E-state index contributed by atoms with van der Waals surface area (Å²) in [4.78, 5) is 0.990. The minimum atomic E-state index is -0.295. The molecular weight excluding hydrogens is 293 g/mol. The van der Waals surface area contributed by atoms with Gasteiger partial charge in [0.15, 0.2) is 0 Å². The molecule has 3 rings (SSSR count). The summed E-state index contributed by atoms with van der Waals surface area (Å²) in [6.07, 6.45) is 0. The van der Waals surface area contributed by atoms with Crippen molar-refractivity contribution in [2.24, 2.45) is 5.73 Å². The Kier molecular flexibility index (Phi) is 3.50. The molecule has 102 valence electrons. The van der Waals surface area contributed by atoms with Gasteiger partial charge in [-0.3, -0.25) is 0 Å². The molecule has 0 spiro atoms. The maximum absolute atomic E-state index is 13.8. The van der Waals surface area contributed by atoms with Crippen molar-refractivity contribution in [2.45, 2.75) is 13.0 Å². The maximum Gasteiger partial charge on any atom is 0.131 e. The predicted molar refractivity (Wildman–Crippen MR) is 84.0 cm³/mol. The molecule has 2 aromatic carbocycles. The van der Waals surface area contributed by atoms with Crippen molar-refractivity contribution in [3.8, 4) is 0 Å². The van der Waals surface area contributed by atoms with Crippen LogP contribution in [0.2, 0.25) is 4.34 Å². The molecular formula is C16H13ClFNS. The van der Waals surface area contributed by atoms with Crippen molar-refractivity contribution in [1.29, 1.82) is 0 Å². The van der Waals surface area contributed by atoms with Crippen LogP contribution in [0.25, 0.3) is 10.8 Å².